The molecule has 0 saturated heterocycles. The van der Waals surface area contributed by atoms with Crippen molar-refractivity contribution in [1.82, 2.24) is 4.90 Å². The van der Waals surface area contributed by atoms with Crippen LogP contribution in [0.5, 0.6) is 11.5 Å². The van der Waals surface area contributed by atoms with Crippen LogP contribution in [0.1, 0.15) is 11.1 Å². The summed E-state index contributed by atoms with van der Waals surface area (Å²) in [7, 11) is 3.34. The minimum absolute atomic E-state index is 0.666. The molecule has 0 aromatic heterocycles. The predicted octanol–water partition coefficient (Wildman–Crippen LogP) is 5.87. The lowest BCUT2D eigenvalue weighted by molar-refractivity contribution is 0.404. The summed E-state index contributed by atoms with van der Waals surface area (Å²) in [5.41, 5.74) is 3.26. The van der Waals surface area contributed by atoms with E-state index in [1.165, 1.54) is 0 Å². The van der Waals surface area contributed by atoms with Crippen molar-refractivity contribution in [1.29, 1.82) is 0 Å². The number of rotatable bonds is 7. The van der Waals surface area contributed by atoms with Gasteiger partial charge in [0.2, 0.25) is 0 Å². The summed E-state index contributed by atoms with van der Waals surface area (Å²) in [5, 5.41) is 4.01. The topological polar surface area (TPSA) is 33.7 Å². The molecule has 0 spiro atoms. The van der Waals surface area contributed by atoms with Crippen LogP contribution in [0.4, 0.5) is 5.69 Å². The minimum Gasteiger partial charge on any atom is -0.497 e. The molecule has 3 rings (SSSR count). The molecule has 0 heterocycles. The monoisotopic (exact) mass is 470 g/mol. The average molecular weight is 471 g/mol. The van der Waals surface area contributed by atoms with Crippen LogP contribution in [-0.2, 0) is 13.1 Å². The van der Waals surface area contributed by atoms with Crippen molar-refractivity contribution in [2.45, 2.75) is 13.1 Å². The Bertz CT molecular complexity index is 879. The first-order chi connectivity index (χ1) is 14.1. The van der Waals surface area contributed by atoms with E-state index in [0.717, 1.165) is 32.8 Å². The molecule has 4 nitrogen and oxygen atoms in total. The molecular weight excluding hydrogens is 448 g/mol. The van der Waals surface area contributed by atoms with Crippen molar-refractivity contribution in [3.05, 3.63) is 88.4 Å². The van der Waals surface area contributed by atoms with Gasteiger partial charge in [-0.25, -0.2) is 0 Å². The summed E-state index contributed by atoms with van der Waals surface area (Å²) < 4.78 is 11.6. The van der Waals surface area contributed by atoms with E-state index in [1.54, 1.807) is 14.2 Å². The number of halogens is 1. The molecule has 0 amide bonds. The summed E-state index contributed by atoms with van der Waals surface area (Å²) in [4.78, 5) is 2.14. The number of hydrogen-bond donors (Lipinski definition) is 1. The highest BCUT2D eigenvalue weighted by molar-refractivity contribution is 9.10. The highest BCUT2D eigenvalue weighted by Crippen LogP contribution is 2.19. The third-order valence-electron chi connectivity index (χ3n) is 4.45. The number of nitrogens with one attached hydrogen (secondary N) is 1. The van der Waals surface area contributed by atoms with Gasteiger partial charge in [0, 0.05) is 23.2 Å². The molecule has 0 fully saturated rings. The Morgan fingerprint density at radius 3 is 1.66 bits per heavy atom. The SMILES string of the molecule is COc1ccc(CN(Cc2ccc(OC)cc2)C(=S)Nc2ccc(Br)cc2)cc1. The normalized spacial score (nSPS) is 10.3. The second-order valence-electron chi connectivity index (χ2n) is 6.49. The fraction of sp³-hybridized carbons (Fsp3) is 0.174. The molecule has 0 aliphatic carbocycles. The van der Waals surface area contributed by atoms with E-state index in [4.69, 9.17) is 21.7 Å². The van der Waals surface area contributed by atoms with Gasteiger partial charge in [0.25, 0.3) is 0 Å². The first kappa shape index (κ1) is 21.1. The van der Waals surface area contributed by atoms with Gasteiger partial charge in [-0.1, -0.05) is 40.2 Å². The van der Waals surface area contributed by atoms with Gasteiger partial charge >= 0.3 is 0 Å². The van der Waals surface area contributed by atoms with Gasteiger partial charge in [-0.15, -0.1) is 0 Å². The lowest BCUT2D eigenvalue weighted by Gasteiger charge is -2.26. The first-order valence-corrected chi connectivity index (χ1v) is 10.3. The van der Waals surface area contributed by atoms with Crippen molar-refractivity contribution in [2.24, 2.45) is 0 Å². The number of thiocarbonyl (C=S) groups is 1. The van der Waals surface area contributed by atoms with Crippen molar-refractivity contribution >= 4 is 38.9 Å². The summed E-state index contributed by atoms with van der Waals surface area (Å²) in [6.45, 7) is 1.36. The molecule has 0 bridgehead atoms. The zero-order valence-corrected chi connectivity index (χ0v) is 18.8. The summed E-state index contributed by atoms with van der Waals surface area (Å²) in [5.74, 6) is 1.68. The van der Waals surface area contributed by atoms with Crippen molar-refractivity contribution < 1.29 is 9.47 Å². The van der Waals surface area contributed by atoms with Gasteiger partial charge < -0.3 is 19.7 Å². The number of anilines is 1. The van der Waals surface area contributed by atoms with E-state index in [-0.39, 0.29) is 0 Å². The molecule has 29 heavy (non-hydrogen) atoms. The van der Waals surface area contributed by atoms with Crippen LogP contribution in [0.3, 0.4) is 0 Å². The molecule has 6 heteroatoms. The van der Waals surface area contributed by atoms with Gasteiger partial charge in [0.1, 0.15) is 11.5 Å². The zero-order valence-electron chi connectivity index (χ0n) is 16.4. The Kier molecular flexibility index (Phi) is 7.49. The van der Waals surface area contributed by atoms with E-state index < -0.39 is 0 Å². The van der Waals surface area contributed by atoms with E-state index in [0.29, 0.717) is 18.2 Å². The summed E-state index contributed by atoms with van der Waals surface area (Å²) in [6.07, 6.45) is 0. The fourth-order valence-electron chi connectivity index (χ4n) is 2.84. The maximum atomic E-state index is 5.74. The molecule has 0 aliphatic rings. The van der Waals surface area contributed by atoms with E-state index in [1.807, 2.05) is 48.5 Å². The smallest absolute Gasteiger partial charge is 0.174 e. The third kappa shape index (κ3) is 6.21. The quantitative estimate of drug-likeness (QED) is 0.437. The van der Waals surface area contributed by atoms with Gasteiger partial charge in [0.05, 0.1) is 14.2 Å². The lowest BCUT2D eigenvalue weighted by Crippen LogP contribution is -2.33. The standard InChI is InChI=1S/C23H23BrN2O2S/c1-27-21-11-3-17(4-12-21)15-26(16-18-5-13-22(28-2)14-6-18)23(29)25-20-9-7-19(24)8-10-20/h3-14H,15-16H2,1-2H3,(H,25,29). The molecule has 0 saturated carbocycles. The van der Waals surface area contributed by atoms with Crippen LogP contribution in [0.15, 0.2) is 77.3 Å². The number of ether oxygens (including phenoxy) is 2. The minimum atomic E-state index is 0.666. The highest BCUT2D eigenvalue weighted by Gasteiger charge is 2.12. The van der Waals surface area contributed by atoms with Crippen molar-refractivity contribution in [3.63, 3.8) is 0 Å². The molecule has 1 N–H and O–H groups in total. The van der Waals surface area contributed by atoms with Crippen molar-refractivity contribution in [3.8, 4) is 11.5 Å². The molecule has 0 atom stereocenters. The average Bonchev–Trinajstić information content (AvgIpc) is 2.76. The number of methoxy groups -OCH3 is 2. The third-order valence-corrected chi connectivity index (χ3v) is 5.34. The van der Waals surface area contributed by atoms with Crippen LogP contribution >= 0.6 is 28.1 Å². The zero-order chi connectivity index (χ0) is 20.6. The second-order valence-corrected chi connectivity index (χ2v) is 7.79. The first-order valence-electron chi connectivity index (χ1n) is 9.15. The van der Waals surface area contributed by atoms with Gasteiger partial charge in [0.15, 0.2) is 5.11 Å². The Morgan fingerprint density at radius 2 is 1.24 bits per heavy atom. The maximum Gasteiger partial charge on any atom is 0.174 e. The maximum absolute atomic E-state index is 5.74. The Balaban J connectivity index is 1.78. The molecule has 0 aliphatic heterocycles. The van der Waals surface area contributed by atoms with Crippen LogP contribution in [-0.4, -0.2) is 24.2 Å². The highest BCUT2D eigenvalue weighted by atomic mass is 79.9. The number of benzene rings is 3. The second kappa shape index (κ2) is 10.3. The number of nitrogens with zero attached hydrogens (tertiary/aromatic N) is 1. The summed E-state index contributed by atoms with van der Waals surface area (Å²) >= 11 is 9.20. The lowest BCUT2D eigenvalue weighted by atomic mass is 10.1. The van der Waals surface area contributed by atoms with Gasteiger partial charge in [-0.05, 0) is 71.9 Å². The van der Waals surface area contributed by atoms with Crippen LogP contribution < -0.4 is 14.8 Å². The van der Waals surface area contributed by atoms with Crippen molar-refractivity contribution in [2.75, 3.05) is 19.5 Å². The molecular formula is C23H23BrN2O2S. The largest absolute Gasteiger partial charge is 0.497 e. The molecule has 0 radical (unpaired) electrons. The fourth-order valence-corrected chi connectivity index (χ4v) is 3.35. The predicted molar refractivity (Wildman–Crippen MR) is 126 cm³/mol. The molecule has 0 unspecified atom stereocenters. The van der Waals surface area contributed by atoms with Crippen LogP contribution in [0.2, 0.25) is 0 Å². The molecule has 3 aromatic rings. The van der Waals surface area contributed by atoms with Crippen LogP contribution in [0, 0.1) is 0 Å². The van der Waals surface area contributed by atoms with Crippen LogP contribution in [0.25, 0.3) is 0 Å². The van der Waals surface area contributed by atoms with E-state index in [2.05, 4.69) is 50.4 Å². The Labute approximate surface area is 185 Å². The summed E-state index contributed by atoms with van der Waals surface area (Å²) in [6, 6.07) is 24.1. The molecule has 150 valence electrons. The van der Waals surface area contributed by atoms with Gasteiger partial charge in [-0.3, -0.25) is 0 Å². The molecule has 3 aromatic carbocycles. The Morgan fingerprint density at radius 1 is 0.793 bits per heavy atom. The number of hydrogen-bond acceptors (Lipinski definition) is 3. The van der Waals surface area contributed by atoms with E-state index in [9.17, 15) is 0 Å². The van der Waals surface area contributed by atoms with Gasteiger partial charge in [-0.2, -0.15) is 0 Å². The Hall–Kier alpha value is -2.57. The van der Waals surface area contributed by atoms with E-state index >= 15 is 0 Å².